The van der Waals surface area contributed by atoms with Crippen molar-refractivity contribution in [3.05, 3.63) is 72.4 Å². The van der Waals surface area contributed by atoms with Crippen LogP contribution >= 0.6 is 0 Å². The fourth-order valence-electron chi connectivity index (χ4n) is 4.88. The second kappa shape index (κ2) is 16.2. The molecule has 0 N–H and O–H groups in total. The molecule has 3 nitrogen and oxygen atoms in total. The van der Waals surface area contributed by atoms with Crippen molar-refractivity contribution in [1.29, 1.82) is 0 Å². The fraction of sp³-hybridized carbons (Fsp3) is 0.486. The highest BCUT2D eigenvalue weighted by Gasteiger charge is 2.34. The van der Waals surface area contributed by atoms with Gasteiger partial charge in [0.15, 0.2) is 0 Å². The van der Waals surface area contributed by atoms with Gasteiger partial charge in [0.25, 0.3) is 0 Å². The molecule has 2 aromatic carbocycles. The molecule has 0 saturated heterocycles. The fourth-order valence-corrected chi connectivity index (χ4v) is 4.88. The Balaban J connectivity index is 1.58. The third-order valence-corrected chi connectivity index (χ3v) is 7.40. The van der Waals surface area contributed by atoms with Crippen molar-refractivity contribution >= 4 is 5.97 Å². The van der Waals surface area contributed by atoms with Gasteiger partial charge in [-0.15, -0.1) is 0 Å². The number of alkyl halides is 1. The van der Waals surface area contributed by atoms with E-state index in [-0.39, 0.29) is 6.42 Å². The van der Waals surface area contributed by atoms with Crippen LogP contribution in [0.5, 0.6) is 5.75 Å². The number of hydrogen-bond acceptors (Lipinski definition) is 3. The summed E-state index contributed by atoms with van der Waals surface area (Å²) in [4.78, 5) is 17.2. The number of pyridine rings is 1. The molecule has 4 heteroatoms. The Bertz CT molecular complexity index is 1120. The number of halogens is 1. The van der Waals surface area contributed by atoms with Gasteiger partial charge in [-0.1, -0.05) is 114 Å². The van der Waals surface area contributed by atoms with Gasteiger partial charge in [0, 0.05) is 11.8 Å². The van der Waals surface area contributed by atoms with E-state index < -0.39 is 11.6 Å². The summed E-state index contributed by atoms with van der Waals surface area (Å²) in [5.41, 5.74) is 3.32. The van der Waals surface area contributed by atoms with E-state index in [2.05, 4.69) is 38.1 Å². The summed E-state index contributed by atoms with van der Waals surface area (Å²) in [6.45, 7) is 5.62. The second-order valence-electron chi connectivity index (χ2n) is 10.9. The van der Waals surface area contributed by atoms with E-state index in [9.17, 15) is 9.18 Å². The lowest BCUT2D eigenvalue weighted by Gasteiger charge is -2.18. The van der Waals surface area contributed by atoms with Gasteiger partial charge in [0.1, 0.15) is 5.75 Å². The van der Waals surface area contributed by atoms with Crippen molar-refractivity contribution in [2.24, 2.45) is 0 Å². The number of aromatic nitrogens is 1. The number of unbranched alkanes of at least 4 members (excludes halogenated alkanes) is 9. The molecule has 1 heterocycles. The predicted octanol–water partition coefficient (Wildman–Crippen LogP) is 10.3. The van der Waals surface area contributed by atoms with Gasteiger partial charge < -0.3 is 4.74 Å². The minimum Gasteiger partial charge on any atom is -0.424 e. The van der Waals surface area contributed by atoms with Crippen molar-refractivity contribution < 1.29 is 13.9 Å². The van der Waals surface area contributed by atoms with Gasteiger partial charge in [-0.05, 0) is 67.5 Å². The lowest BCUT2D eigenvalue weighted by atomic mass is 9.96. The van der Waals surface area contributed by atoms with Crippen LogP contribution in [0.25, 0.3) is 22.4 Å². The lowest BCUT2D eigenvalue weighted by Crippen LogP contribution is -2.34. The van der Waals surface area contributed by atoms with Gasteiger partial charge in [-0.3, -0.25) is 4.98 Å². The summed E-state index contributed by atoms with van der Waals surface area (Å²) in [5, 5.41) is 0. The minimum absolute atomic E-state index is 0.177. The maximum absolute atomic E-state index is 14.8. The number of esters is 1. The second-order valence-corrected chi connectivity index (χ2v) is 10.9. The van der Waals surface area contributed by atoms with E-state index in [4.69, 9.17) is 9.72 Å². The van der Waals surface area contributed by atoms with Gasteiger partial charge >= 0.3 is 5.97 Å². The smallest absolute Gasteiger partial charge is 0.348 e. The molecule has 0 amide bonds. The summed E-state index contributed by atoms with van der Waals surface area (Å²) >= 11 is 0. The van der Waals surface area contributed by atoms with Crippen molar-refractivity contribution in [1.82, 2.24) is 4.98 Å². The van der Waals surface area contributed by atoms with Crippen LogP contribution in [0.15, 0.2) is 66.9 Å². The molecule has 1 aromatic heterocycles. The van der Waals surface area contributed by atoms with Gasteiger partial charge in [0.2, 0.25) is 5.67 Å². The van der Waals surface area contributed by atoms with E-state index in [0.29, 0.717) is 12.2 Å². The van der Waals surface area contributed by atoms with Gasteiger partial charge in [0.05, 0.1) is 5.69 Å². The first kappa shape index (κ1) is 30.5. The van der Waals surface area contributed by atoms with Crippen molar-refractivity contribution in [2.75, 3.05) is 0 Å². The molecular formula is C35H46FNO2. The number of ether oxygens (including phenoxy) is 1. The molecule has 0 fully saturated rings. The van der Waals surface area contributed by atoms with Crippen LogP contribution in [0.4, 0.5) is 4.39 Å². The van der Waals surface area contributed by atoms with E-state index in [1.165, 1.54) is 63.9 Å². The van der Waals surface area contributed by atoms with Crippen LogP contribution < -0.4 is 4.74 Å². The average Bonchev–Trinajstić information content (AvgIpc) is 2.95. The molecule has 0 radical (unpaired) electrons. The van der Waals surface area contributed by atoms with Crippen LogP contribution in [0.2, 0.25) is 0 Å². The number of rotatable bonds is 17. The molecule has 3 rings (SSSR count). The molecule has 3 aromatic rings. The van der Waals surface area contributed by atoms with Crippen molar-refractivity contribution in [2.45, 2.75) is 110 Å². The SMILES string of the molecule is CCCCCCCCCCc1ccc(-c2ccccc2-c2ccc(OC(=O)C(C)(F)CCCCC)cc2)nc1. The number of carbonyl (C=O) groups excluding carboxylic acids is 1. The quantitative estimate of drug-likeness (QED) is 0.0988. The van der Waals surface area contributed by atoms with Crippen LogP contribution in [0.1, 0.15) is 103 Å². The molecule has 0 bridgehead atoms. The Labute approximate surface area is 235 Å². The normalized spacial score (nSPS) is 12.7. The van der Waals surface area contributed by atoms with E-state index in [1.54, 1.807) is 12.1 Å². The number of benzene rings is 2. The zero-order valence-corrected chi connectivity index (χ0v) is 24.2. The Morgan fingerprint density at radius 3 is 2.03 bits per heavy atom. The molecule has 0 spiro atoms. The summed E-state index contributed by atoms with van der Waals surface area (Å²) in [7, 11) is 0. The molecule has 0 saturated carbocycles. The van der Waals surface area contributed by atoms with Crippen molar-refractivity contribution in [3.8, 4) is 28.1 Å². The summed E-state index contributed by atoms with van der Waals surface area (Å²) in [6.07, 6.45) is 16.4. The molecule has 1 atom stereocenters. The van der Waals surface area contributed by atoms with E-state index in [0.717, 1.165) is 41.6 Å². The highest BCUT2D eigenvalue weighted by atomic mass is 19.1. The summed E-state index contributed by atoms with van der Waals surface area (Å²) < 4.78 is 20.2. The van der Waals surface area contributed by atoms with Crippen molar-refractivity contribution in [3.63, 3.8) is 0 Å². The first-order chi connectivity index (χ1) is 18.9. The zero-order chi connectivity index (χ0) is 27.9. The largest absolute Gasteiger partial charge is 0.424 e. The summed E-state index contributed by atoms with van der Waals surface area (Å²) in [6, 6.07) is 19.7. The zero-order valence-electron chi connectivity index (χ0n) is 24.2. The molecule has 0 aliphatic carbocycles. The Morgan fingerprint density at radius 2 is 1.38 bits per heavy atom. The lowest BCUT2D eigenvalue weighted by molar-refractivity contribution is -0.147. The maximum Gasteiger partial charge on any atom is 0.348 e. The Morgan fingerprint density at radius 1 is 0.769 bits per heavy atom. The Kier molecular flexibility index (Phi) is 12.7. The number of hydrogen-bond donors (Lipinski definition) is 0. The third-order valence-electron chi connectivity index (χ3n) is 7.40. The van der Waals surface area contributed by atoms with Crippen LogP contribution in [-0.4, -0.2) is 16.6 Å². The maximum atomic E-state index is 14.8. The van der Waals surface area contributed by atoms with Crippen LogP contribution in [0.3, 0.4) is 0 Å². The molecule has 1 unspecified atom stereocenters. The highest BCUT2D eigenvalue weighted by Crippen LogP contribution is 2.32. The average molecular weight is 532 g/mol. The Hall–Kier alpha value is -3.01. The van der Waals surface area contributed by atoms with Crippen LogP contribution in [0, 0.1) is 0 Å². The van der Waals surface area contributed by atoms with Crippen LogP contribution in [-0.2, 0) is 11.2 Å². The number of carbonyl (C=O) groups is 1. The highest BCUT2D eigenvalue weighted by molar-refractivity contribution is 5.83. The predicted molar refractivity (Wildman–Crippen MR) is 161 cm³/mol. The standard InChI is InChI=1S/C35H46FNO2/c1-4-6-8-9-10-11-12-13-17-28-20-25-33(37-27-28)32-19-15-14-18-31(32)29-21-23-30(24-22-29)39-34(38)35(3,36)26-16-7-5-2/h14-15,18-25,27H,4-13,16-17,26H2,1-3H3. The first-order valence-electron chi connectivity index (χ1n) is 15.0. The molecular weight excluding hydrogens is 485 g/mol. The molecule has 0 aliphatic rings. The van der Waals surface area contributed by atoms with Gasteiger partial charge in [-0.2, -0.15) is 0 Å². The van der Waals surface area contributed by atoms with E-state index in [1.807, 2.05) is 30.5 Å². The monoisotopic (exact) mass is 531 g/mol. The third kappa shape index (κ3) is 9.91. The minimum atomic E-state index is -1.98. The first-order valence-corrected chi connectivity index (χ1v) is 15.0. The molecule has 210 valence electrons. The number of aryl methyl sites for hydroxylation is 1. The summed E-state index contributed by atoms with van der Waals surface area (Å²) in [5.74, 6) is -0.480. The topological polar surface area (TPSA) is 39.2 Å². The van der Waals surface area contributed by atoms with E-state index >= 15 is 0 Å². The molecule has 0 aliphatic heterocycles. The number of nitrogens with zero attached hydrogens (tertiary/aromatic N) is 1. The molecule has 39 heavy (non-hydrogen) atoms. The van der Waals surface area contributed by atoms with Gasteiger partial charge in [-0.25, -0.2) is 9.18 Å².